The Kier molecular flexibility index (Phi) is 437. The molecule has 0 atom stereocenters. The molecule has 8 heteroatoms. The Hall–Kier alpha value is 2.09. The summed E-state index contributed by atoms with van der Waals surface area (Å²) in [5, 5.41) is 25.0. The molecular formula is C13H16K2N4Pt2. The molecule has 0 bridgehead atoms. The van der Waals surface area contributed by atoms with Crippen molar-refractivity contribution in [3.8, 4) is 0 Å². The van der Waals surface area contributed by atoms with E-state index >= 15 is 0 Å². The van der Waals surface area contributed by atoms with Gasteiger partial charge in [-0.1, -0.05) is 6.92 Å². The first-order chi connectivity index (χ1) is 6.89. The fraction of sp³-hybridized carbons (Fsp3) is 0.154. The van der Waals surface area contributed by atoms with E-state index in [1.54, 1.807) is 0 Å². The van der Waals surface area contributed by atoms with Gasteiger partial charge in [0.15, 0.2) is 0 Å². The second-order valence-electron chi connectivity index (χ2n) is 1.47. The molecule has 0 amide bonds. The number of hydrogen-bond acceptors (Lipinski definition) is 4. The maximum atomic E-state index is 6.25. The van der Waals surface area contributed by atoms with Gasteiger partial charge in [-0.15, -0.1) is 6.42 Å². The zero-order chi connectivity index (χ0) is 12.4. The molecule has 0 spiro atoms. The summed E-state index contributed by atoms with van der Waals surface area (Å²) >= 11 is 0. The van der Waals surface area contributed by atoms with Gasteiger partial charge in [0, 0.05) is 0 Å². The fourth-order valence-corrected chi connectivity index (χ4v) is 0.515. The van der Waals surface area contributed by atoms with Crippen LogP contribution in [0.4, 0.5) is 0 Å². The van der Waals surface area contributed by atoms with Crippen LogP contribution in [0.15, 0.2) is 17.7 Å². The van der Waals surface area contributed by atoms with Gasteiger partial charge in [-0.05, 0) is 0 Å². The van der Waals surface area contributed by atoms with Crippen LogP contribution in [0.25, 0.3) is 0 Å². The number of nitrogens with zero attached hydrogens (tertiary/aromatic N) is 4. The predicted molar refractivity (Wildman–Crippen MR) is 65.3 cm³/mol. The number of hydrogen-bond donors (Lipinski definition) is 0. The quantitative estimate of drug-likeness (QED) is 0.206. The molecule has 0 aliphatic heterocycles. The van der Waals surface area contributed by atoms with Gasteiger partial charge in [0.2, 0.25) is 0 Å². The molecule has 110 valence electrons. The third-order valence-electron chi connectivity index (χ3n) is 0.867. The normalized spacial score (nSPS) is 5.67. The zero-order valence-electron chi connectivity index (χ0n) is 13.3. The van der Waals surface area contributed by atoms with E-state index in [2.05, 4.69) is 25.2 Å². The van der Waals surface area contributed by atoms with E-state index < -0.39 is 0 Å². The van der Waals surface area contributed by atoms with Crippen LogP contribution in [0.5, 0.6) is 0 Å². The van der Waals surface area contributed by atoms with Crippen molar-refractivity contribution < 1.29 is 145 Å². The Morgan fingerprint density at radius 1 is 0.857 bits per heavy atom. The van der Waals surface area contributed by atoms with Crippen LogP contribution in [0.2, 0.25) is 0 Å². The van der Waals surface area contributed by atoms with Crippen LogP contribution in [-0.2, 0) is 42.1 Å². The van der Waals surface area contributed by atoms with Gasteiger partial charge in [-0.3, -0.25) is 6.08 Å². The van der Waals surface area contributed by atoms with Crippen molar-refractivity contribution in [2.75, 3.05) is 0 Å². The van der Waals surface area contributed by atoms with Crippen LogP contribution in [0.1, 0.15) is 13.3 Å². The van der Waals surface area contributed by atoms with E-state index in [0.717, 1.165) is 6.42 Å². The van der Waals surface area contributed by atoms with Gasteiger partial charge < -0.3 is 69.6 Å². The van der Waals surface area contributed by atoms with Crippen LogP contribution in [0, 0.1) is 75.7 Å². The maximum Gasteiger partial charge on any atom is 4.00 e. The van der Waals surface area contributed by atoms with Crippen LogP contribution in [0.3, 0.4) is 0 Å². The van der Waals surface area contributed by atoms with Crippen LogP contribution < -0.4 is 103 Å². The molecule has 0 aromatic rings. The van der Waals surface area contributed by atoms with E-state index in [1.165, 1.54) is 5.57 Å². The summed E-state index contributed by atoms with van der Waals surface area (Å²) in [5.74, 6) is 0. The first-order valence-electron chi connectivity index (χ1n) is 3.03. The molecule has 0 heterocycles. The Labute approximate surface area is 246 Å². The summed E-state index contributed by atoms with van der Waals surface area (Å²) in [6.45, 7) is 21.1. The molecule has 0 radical (unpaired) electrons. The molecule has 0 N–H and O–H groups in total. The molecule has 0 unspecified atom stereocenters. The van der Waals surface area contributed by atoms with Crippen molar-refractivity contribution in [3.05, 3.63) is 72.4 Å². The van der Waals surface area contributed by atoms with E-state index in [4.69, 9.17) is 47.3 Å². The van der Waals surface area contributed by atoms with Crippen molar-refractivity contribution in [1.82, 2.24) is 0 Å². The van der Waals surface area contributed by atoms with Gasteiger partial charge in [0.25, 0.3) is 0 Å². The second kappa shape index (κ2) is 119. The monoisotopic (exact) mass is 696 g/mol. The standard InChI is InChI=1S/C6H7.4CN.3CH3.2K.2Pt/c1-6-4-2-3-5-6;4*1-2;;;;;;;/h2,4H,3H2,1H3;;;;;3*1H3;;;;/q8*-1;2*+1;+2;+4. The summed E-state index contributed by atoms with van der Waals surface area (Å²) in [6, 6.07) is 0. The van der Waals surface area contributed by atoms with Crippen LogP contribution in [-0.4, -0.2) is 0 Å². The van der Waals surface area contributed by atoms with Crippen molar-refractivity contribution in [3.63, 3.8) is 0 Å². The third kappa shape index (κ3) is 108. The van der Waals surface area contributed by atoms with E-state index in [9.17, 15) is 0 Å². The molecule has 0 saturated carbocycles. The first-order valence-corrected chi connectivity index (χ1v) is 3.03. The van der Waals surface area contributed by atoms with Gasteiger partial charge in [-0.25, -0.2) is 11.6 Å². The summed E-state index contributed by atoms with van der Waals surface area (Å²) in [6.07, 6.45) is 8.33. The van der Waals surface area contributed by atoms with E-state index in [-0.39, 0.29) is 167 Å². The minimum Gasteiger partial charge on any atom is -0.512 e. The minimum absolute atomic E-state index is 0. The Morgan fingerprint density at radius 2 is 1.10 bits per heavy atom. The maximum absolute atomic E-state index is 6.25. The van der Waals surface area contributed by atoms with Gasteiger partial charge in [0.05, 0.1) is 0 Å². The van der Waals surface area contributed by atoms with Crippen LogP contribution >= 0.6 is 0 Å². The van der Waals surface area contributed by atoms with Gasteiger partial charge in [0.1, 0.15) is 0 Å². The van der Waals surface area contributed by atoms with Crippen molar-refractivity contribution >= 4 is 0 Å². The Balaban J connectivity index is -0.00000000678. The molecule has 1 rings (SSSR count). The van der Waals surface area contributed by atoms with Gasteiger partial charge in [-0.2, -0.15) is 6.08 Å². The van der Waals surface area contributed by atoms with E-state index in [0.29, 0.717) is 0 Å². The largest absolute Gasteiger partial charge is 4.00 e. The smallest absolute Gasteiger partial charge is 0.512 e. The topological polar surface area (TPSA) is 95.2 Å². The minimum atomic E-state index is 0. The molecule has 1 aliphatic rings. The summed E-state index contributed by atoms with van der Waals surface area (Å²) < 4.78 is 0. The van der Waals surface area contributed by atoms with Crippen molar-refractivity contribution in [1.29, 1.82) is 21.0 Å². The molecule has 1 aliphatic carbocycles. The summed E-state index contributed by atoms with van der Waals surface area (Å²) in [5.41, 5.74) is 1.27. The molecule has 0 fully saturated rings. The first kappa shape index (κ1) is 77.1. The SMILES string of the molecule is CC1=[C-]CC=C1.[C-]#N.[C-]#N.[C-]#N.[C-]#N.[CH3-].[CH3-].[CH3-].[K+].[K+].[Pt+2].[Pt+4]. The molecule has 0 aromatic heterocycles. The molecule has 0 aromatic carbocycles. The average Bonchev–Trinajstić information content (AvgIpc) is 2.80. The van der Waals surface area contributed by atoms with Crippen molar-refractivity contribution in [2.24, 2.45) is 0 Å². The predicted octanol–water partition coefficient (Wildman–Crippen LogP) is -2.56. The van der Waals surface area contributed by atoms with Gasteiger partial charge >= 0.3 is 145 Å². The summed E-state index contributed by atoms with van der Waals surface area (Å²) in [4.78, 5) is 0. The molecular weight excluding hydrogens is 681 g/mol. The second-order valence-corrected chi connectivity index (χ2v) is 1.47. The number of rotatable bonds is 0. The molecule has 4 nitrogen and oxygen atoms in total. The van der Waals surface area contributed by atoms with E-state index in [1.807, 2.05) is 0 Å². The van der Waals surface area contributed by atoms with Crippen molar-refractivity contribution in [2.45, 2.75) is 13.3 Å². The third-order valence-corrected chi connectivity index (χ3v) is 0.867. The fourth-order valence-electron chi connectivity index (χ4n) is 0.515. The average molecular weight is 697 g/mol. The molecule has 21 heavy (non-hydrogen) atoms. The Morgan fingerprint density at radius 3 is 1.14 bits per heavy atom. The zero-order valence-corrected chi connectivity index (χ0v) is 24.1. The Bertz CT molecular complexity index is 221. The number of allylic oxidation sites excluding steroid dienone is 4. The molecule has 0 saturated heterocycles. The summed E-state index contributed by atoms with van der Waals surface area (Å²) in [7, 11) is 0.